The lowest BCUT2D eigenvalue weighted by Crippen LogP contribution is -2.32. The number of hydrogen-bond donors (Lipinski definition) is 3. The highest BCUT2D eigenvalue weighted by Gasteiger charge is 2.16. The number of aromatic amines is 1. The Morgan fingerprint density at radius 3 is 3.09 bits per heavy atom. The van der Waals surface area contributed by atoms with E-state index in [1.54, 1.807) is 16.8 Å². The van der Waals surface area contributed by atoms with E-state index in [0.717, 1.165) is 0 Å². The average Bonchev–Trinajstić information content (AvgIpc) is 3.16. The van der Waals surface area contributed by atoms with Crippen molar-refractivity contribution < 1.29 is 4.79 Å². The lowest BCUT2D eigenvalue weighted by atomic mass is 10.2. The van der Waals surface area contributed by atoms with Crippen molar-refractivity contribution in [1.82, 2.24) is 35.5 Å². The van der Waals surface area contributed by atoms with E-state index in [0.29, 0.717) is 29.1 Å². The molecule has 9 nitrogen and oxygen atoms in total. The SMILES string of the molecule is CCn1ncnc1[C@H](C)NC(=O)Nc1cccc2n[nH]nc12. The van der Waals surface area contributed by atoms with Crippen LogP contribution in [-0.4, -0.2) is 36.2 Å². The second kappa shape index (κ2) is 5.80. The fraction of sp³-hybridized carbons (Fsp3) is 0.308. The Bertz CT molecular complexity index is 792. The lowest BCUT2D eigenvalue weighted by molar-refractivity contribution is 0.248. The third kappa shape index (κ3) is 2.60. The van der Waals surface area contributed by atoms with Crippen molar-refractivity contribution in [2.75, 3.05) is 5.32 Å². The van der Waals surface area contributed by atoms with Crippen LogP contribution in [0, 0.1) is 0 Å². The van der Waals surface area contributed by atoms with Gasteiger partial charge in [-0.2, -0.15) is 20.5 Å². The van der Waals surface area contributed by atoms with Crippen LogP contribution >= 0.6 is 0 Å². The van der Waals surface area contributed by atoms with Gasteiger partial charge >= 0.3 is 6.03 Å². The first-order chi connectivity index (χ1) is 10.7. The summed E-state index contributed by atoms with van der Waals surface area (Å²) in [6.07, 6.45) is 1.48. The van der Waals surface area contributed by atoms with Gasteiger partial charge in [-0.15, -0.1) is 0 Å². The second-order valence-electron chi connectivity index (χ2n) is 4.75. The molecular weight excluding hydrogens is 284 g/mol. The van der Waals surface area contributed by atoms with Gasteiger partial charge in [0, 0.05) is 6.54 Å². The lowest BCUT2D eigenvalue weighted by Gasteiger charge is -2.14. The normalized spacial score (nSPS) is 12.3. The van der Waals surface area contributed by atoms with Crippen molar-refractivity contribution in [2.45, 2.75) is 26.4 Å². The predicted molar refractivity (Wildman–Crippen MR) is 80.2 cm³/mol. The number of H-pyrrole nitrogens is 1. The molecule has 22 heavy (non-hydrogen) atoms. The summed E-state index contributed by atoms with van der Waals surface area (Å²) in [4.78, 5) is 16.3. The fourth-order valence-corrected chi connectivity index (χ4v) is 2.24. The van der Waals surface area contributed by atoms with Crippen LogP contribution in [0.4, 0.5) is 10.5 Å². The number of anilines is 1. The largest absolute Gasteiger partial charge is 0.328 e. The maximum Gasteiger partial charge on any atom is 0.319 e. The van der Waals surface area contributed by atoms with Gasteiger partial charge in [0.25, 0.3) is 0 Å². The molecule has 2 aromatic heterocycles. The van der Waals surface area contributed by atoms with Gasteiger partial charge < -0.3 is 10.6 Å². The number of amides is 2. The highest BCUT2D eigenvalue weighted by Crippen LogP contribution is 2.18. The summed E-state index contributed by atoms with van der Waals surface area (Å²) in [6, 6.07) is 4.78. The van der Waals surface area contributed by atoms with Crippen LogP contribution in [0.2, 0.25) is 0 Å². The summed E-state index contributed by atoms with van der Waals surface area (Å²) in [5, 5.41) is 20.2. The molecule has 2 amide bonds. The second-order valence-corrected chi connectivity index (χ2v) is 4.75. The minimum absolute atomic E-state index is 0.265. The summed E-state index contributed by atoms with van der Waals surface area (Å²) in [6.45, 7) is 4.52. The molecular formula is C13H16N8O. The number of urea groups is 1. The van der Waals surface area contributed by atoms with E-state index in [-0.39, 0.29) is 12.1 Å². The Kier molecular flexibility index (Phi) is 3.69. The van der Waals surface area contributed by atoms with Crippen LogP contribution in [-0.2, 0) is 6.54 Å². The monoisotopic (exact) mass is 300 g/mol. The number of benzene rings is 1. The van der Waals surface area contributed by atoms with Gasteiger partial charge in [-0.25, -0.2) is 14.5 Å². The molecule has 2 heterocycles. The molecule has 1 aromatic carbocycles. The Morgan fingerprint density at radius 2 is 2.27 bits per heavy atom. The third-order valence-corrected chi connectivity index (χ3v) is 3.28. The van der Waals surface area contributed by atoms with Crippen molar-refractivity contribution in [3.05, 3.63) is 30.4 Å². The molecule has 3 N–H and O–H groups in total. The maximum absolute atomic E-state index is 12.1. The molecule has 1 atom stereocenters. The predicted octanol–water partition coefficient (Wildman–Crippen LogP) is 1.45. The molecule has 0 saturated heterocycles. The van der Waals surface area contributed by atoms with Crippen molar-refractivity contribution in [1.29, 1.82) is 0 Å². The first-order valence-corrected chi connectivity index (χ1v) is 6.93. The van der Waals surface area contributed by atoms with Gasteiger partial charge in [-0.1, -0.05) is 6.07 Å². The summed E-state index contributed by atoms with van der Waals surface area (Å²) < 4.78 is 1.74. The molecule has 0 saturated carbocycles. The smallest absolute Gasteiger partial charge is 0.319 e. The Labute approximate surface area is 126 Å². The molecule has 0 bridgehead atoms. The van der Waals surface area contributed by atoms with E-state index in [1.807, 2.05) is 19.9 Å². The van der Waals surface area contributed by atoms with Gasteiger partial charge in [-0.05, 0) is 26.0 Å². The van der Waals surface area contributed by atoms with Crippen molar-refractivity contribution in [2.24, 2.45) is 0 Å². The van der Waals surface area contributed by atoms with E-state index in [2.05, 4.69) is 36.1 Å². The number of rotatable bonds is 4. The van der Waals surface area contributed by atoms with E-state index < -0.39 is 0 Å². The van der Waals surface area contributed by atoms with Gasteiger partial charge in [-0.3, -0.25) is 0 Å². The summed E-state index contributed by atoms with van der Waals surface area (Å²) >= 11 is 0. The van der Waals surface area contributed by atoms with Crippen LogP contribution < -0.4 is 10.6 Å². The molecule has 0 spiro atoms. The highest BCUT2D eigenvalue weighted by atomic mass is 16.2. The van der Waals surface area contributed by atoms with Crippen LogP contribution in [0.3, 0.4) is 0 Å². The molecule has 9 heteroatoms. The number of nitrogens with zero attached hydrogens (tertiary/aromatic N) is 5. The number of fused-ring (bicyclic) bond motifs is 1. The molecule has 0 unspecified atom stereocenters. The van der Waals surface area contributed by atoms with Crippen LogP contribution in [0.25, 0.3) is 11.0 Å². The zero-order chi connectivity index (χ0) is 15.5. The number of para-hydroxylation sites is 1. The zero-order valence-corrected chi connectivity index (χ0v) is 12.2. The minimum Gasteiger partial charge on any atom is -0.328 e. The van der Waals surface area contributed by atoms with E-state index >= 15 is 0 Å². The van der Waals surface area contributed by atoms with Crippen LogP contribution in [0.5, 0.6) is 0 Å². The van der Waals surface area contributed by atoms with E-state index in [1.165, 1.54) is 6.33 Å². The van der Waals surface area contributed by atoms with Crippen molar-refractivity contribution >= 4 is 22.8 Å². The molecule has 114 valence electrons. The Hall–Kier alpha value is -2.97. The number of nitrogens with one attached hydrogen (secondary N) is 3. The first kappa shape index (κ1) is 14.0. The average molecular weight is 300 g/mol. The molecule has 3 rings (SSSR count). The number of carbonyl (C=O) groups excluding carboxylic acids is 1. The zero-order valence-electron chi connectivity index (χ0n) is 12.2. The van der Waals surface area contributed by atoms with E-state index in [4.69, 9.17) is 0 Å². The minimum atomic E-state index is -0.339. The number of aromatic nitrogens is 6. The van der Waals surface area contributed by atoms with E-state index in [9.17, 15) is 4.79 Å². The quantitative estimate of drug-likeness (QED) is 0.675. The van der Waals surface area contributed by atoms with Crippen molar-refractivity contribution in [3.8, 4) is 0 Å². The Balaban J connectivity index is 1.71. The molecule has 0 aliphatic rings. The molecule has 3 aromatic rings. The summed E-state index contributed by atoms with van der Waals surface area (Å²) in [7, 11) is 0. The number of hydrogen-bond acceptors (Lipinski definition) is 5. The standard InChI is InChI=1S/C13H16N8O/c1-3-21-12(14-7-15-21)8(2)16-13(22)17-9-5-4-6-10-11(9)19-20-18-10/h4-8H,3H2,1-2H3,(H2,16,17,22)(H,18,19,20)/t8-/m0/s1. The fourth-order valence-electron chi connectivity index (χ4n) is 2.24. The van der Waals surface area contributed by atoms with Gasteiger partial charge in [0.1, 0.15) is 23.2 Å². The van der Waals surface area contributed by atoms with Gasteiger partial charge in [0.15, 0.2) is 0 Å². The van der Waals surface area contributed by atoms with Gasteiger partial charge in [0.05, 0.1) is 11.7 Å². The third-order valence-electron chi connectivity index (χ3n) is 3.28. The highest BCUT2D eigenvalue weighted by molar-refractivity contribution is 5.98. The van der Waals surface area contributed by atoms with Crippen LogP contribution in [0.15, 0.2) is 24.5 Å². The molecule has 0 aliphatic heterocycles. The summed E-state index contributed by atoms with van der Waals surface area (Å²) in [5.74, 6) is 0.706. The van der Waals surface area contributed by atoms with Crippen LogP contribution in [0.1, 0.15) is 25.7 Å². The van der Waals surface area contributed by atoms with Crippen molar-refractivity contribution in [3.63, 3.8) is 0 Å². The molecule has 0 aliphatic carbocycles. The summed E-state index contributed by atoms with van der Waals surface area (Å²) in [5.41, 5.74) is 1.89. The Morgan fingerprint density at radius 1 is 1.41 bits per heavy atom. The number of carbonyl (C=O) groups is 1. The maximum atomic E-state index is 12.1. The van der Waals surface area contributed by atoms with Gasteiger partial charge in [0.2, 0.25) is 0 Å². The topological polar surface area (TPSA) is 113 Å². The molecule has 0 radical (unpaired) electrons. The first-order valence-electron chi connectivity index (χ1n) is 6.93. The molecule has 0 fully saturated rings. The number of aryl methyl sites for hydroxylation is 1.